The highest BCUT2D eigenvalue weighted by Crippen LogP contribution is 2.27. The summed E-state index contributed by atoms with van der Waals surface area (Å²) in [6.07, 6.45) is 2.69. The van der Waals surface area contributed by atoms with Gasteiger partial charge in [0, 0.05) is 48.9 Å². The van der Waals surface area contributed by atoms with Gasteiger partial charge in [-0.2, -0.15) is 9.61 Å². The van der Waals surface area contributed by atoms with Crippen LogP contribution >= 0.6 is 0 Å². The Morgan fingerprint density at radius 2 is 1.71 bits per heavy atom. The summed E-state index contributed by atoms with van der Waals surface area (Å²) in [6, 6.07) is 22.8. The van der Waals surface area contributed by atoms with Crippen LogP contribution in [0.15, 0.2) is 66.7 Å². The minimum Gasteiger partial charge on any atom is -0.356 e. The average Bonchev–Trinajstić information content (AvgIpc) is 3.32. The van der Waals surface area contributed by atoms with Gasteiger partial charge in [0.1, 0.15) is 5.82 Å². The maximum Gasteiger partial charge on any atom is 0.223 e. The van der Waals surface area contributed by atoms with Crippen molar-refractivity contribution in [3.05, 3.63) is 83.6 Å². The zero-order valence-corrected chi connectivity index (χ0v) is 19.9. The molecule has 5 rings (SSSR count). The second-order valence-electron chi connectivity index (χ2n) is 9.07. The predicted molar refractivity (Wildman–Crippen MR) is 136 cm³/mol. The van der Waals surface area contributed by atoms with Crippen LogP contribution in [-0.4, -0.2) is 33.6 Å². The number of hydrogen-bond acceptors (Lipinski definition) is 4. The van der Waals surface area contributed by atoms with E-state index in [-0.39, 0.29) is 11.8 Å². The Morgan fingerprint density at radius 3 is 2.41 bits per heavy atom. The number of carbonyl (C=O) groups is 1. The number of nitrogens with zero attached hydrogens (tertiary/aromatic N) is 4. The van der Waals surface area contributed by atoms with E-state index in [0.717, 1.165) is 66.3 Å². The molecule has 3 heterocycles. The van der Waals surface area contributed by atoms with Crippen molar-refractivity contribution in [2.45, 2.75) is 39.7 Å². The van der Waals surface area contributed by atoms with Crippen LogP contribution in [0.1, 0.15) is 36.6 Å². The number of anilines is 1. The predicted octanol–water partition coefficient (Wildman–Crippen LogP) is 4.80. The highest BCUT2D eigenvalue weighted by Gasteiger charge is 2.26. The molecule has 0 radical (unpaired) electrons. The van der Waals surface area contributed by atoms with Crippen molar-refractivity contribution in [3.63, 3.8) is 0 Å². The first kappa shape index (κ1) is 22.1. The molecule has 2 aromatic carbocycles. The van der Waals surface area contributed by atoms with Crippen LogP contribution in [0.5, 0.6) is 0 Å². The molecular formula is C28H31N5O. The van der Waals surface area contributed by atoms with Crippen LogP contribution in [-0.2, 0) is 17.8 Å². The quantitative estimate of drug-likeness (QED) is 0.456. The van der Waals surface area contributed by atoms with E-state index in [0.29, 0.717) is 6.54 Å². The molecule has 2 aromatic heterocycles. The molecule has 0 aliphatic carbocycles. The van der Waals surface area contributed by atoms with Crippen molar-refractivity contribution in [2.75, 3.05) is 18.0 Å². The van der Waals surface area contributed by atoms with E-state index >= 15 is 0 Å². The standard InChI is InChI=1S/C28H31N5O/c1-3-21-9-11-22(12-10-21)19-29-28(34)24-13-15-32(16-14-24)27-17-20(2)30-26-18-25(31-33(26)27)23-7-5-4-6-8-23/h4-12,17-18,24H,3,13-16,19H2,1-2H3,(H,29,34). The number of fused-ring (bicyclic) bond motifs is 1. The number of aryl methyl sites for hydroxylation is 2. The van der Waals surface area contributed by atoms with Crippen molar-refractivity contribution in [3.8, 4) is 11.3 Å². The van der Waals surface area contributed by atoms with Gasteiger partial charge in [-0.1, -0.05) is 61.5 Å². The summed E-state index contributed by atoms with van der Waals surface area (Å²) in [7, 11) is 0. The van der Waals surface area contributed by atoms with Crippen LogP contribution in [0, 0.1) is 12.8 Å². The van der Waals surface area contributed by atoms with E-state index in [1.807, 2.05) is 35.7 Å². The molecule has 0 saturated carbocycles. The van der Waals surface area contributed by atoms with Gasteiger partial charge in [-0.25, -0.2) is 4.98 Å². The second kappa shape index (κ2) is 9.67. The van der Waals surface area contributed by atoms with E-state index in [9.17, 15) is 4.79 Å². The SMILES string of the molecule is CCc1ccc(CNC(=O)C2CCN(c3cc(C)nc4cc(-c5ccccc5)nn34)CC2)cc1. The number of rotatable bonds is 6. The van der Waals surface area contributed by atoms with Gasteiger partial charge >= 0.3 is 0 Å². The largest absolute Gasteiger partial charge is 0.356 e. The molecule has 1 N–H and O–H groups in total. The van der Waals surface area contributed by atoms with Crippen molar-refractivity contribution in [1.82, 2.24) is 19.9 Å². The summed E-state index contributed by atoms with van der Waals surface area (Å²) in [5.74, 6) is 1.24. The third-order valence-electron chi connectivity index (χ3n) is 6.69. The van der Waals surface area contributed by atoms with E-state index in [1.54, 1.807) is 0 Å². The molecule has 0 bridgehead atoms. The Morgan fingerprint density at radius 1 is 1.00 bits per heavy atom. The number of aromatic nitrogens is 3. The lowest BCUT2D eigenvalue weighted by Gasteiger charge is -2.33. The van der Waals surface area contributed by atoms with Crippen LogP contribution in [0.2, 0.25) is 0 Å². The van der Waals surface area contributed by atoms with Gasteiger partial charge in [-0.3, -0.25) is 4.79 Å². The van der Waals surface area contributed by atoms with Crippen LogP contribution in [0.3, 0.4) is 0 Å². The number of piperidine rings is 1. The number of benzene rings is 2. The molecule has 0 unspecified atom stereocenters. The third-order valence-corrected chi connectivity index (χ3v) is 6.69. The second-order valence-corrected chi connectivity index (χ2v) is 9.07. The summed E-state index contributed by atoms with van der Waals surface area (Å²) in [5, 5.41) is 8.00. The monoisotopic (exact) mass is 453 g/mol. The van der Waals surface area contributed by atoms with Gasteiger partial charge in [-0.15, -0.1) is 0 Å². The van der Waals surface area contributed by atoms with E-state index in [4.69, 9.17) is 10.1 Å². The fourth-order valence-corrected chi connectivity index (χ4v) is 4.65. The molecule has 174 valence electrons. The molecule has 4 aromatic rings. The zero-order valence-electron chi connectivity index (χ0n) is 19.9. The molecule has 0 spiro atoms. The van der Waals surface area contributed by atoms with Crippen LogP contribution in [0.4, 0.5) is 5.82 Å². The van der Waals surface area contributed by atoms with Gasteiger partial charge < -0.3 is 10.2 Å². The average molecular weight is 454 g/mol. The maximum absolute atomic E-state index is 12.8. The van der Waals surface area contributed by atoms with Crippen molar-refractivity contribution >= 4 is 17.4 Å². The Balaban J connectivity index is 1.25. The summed E-state index contributed by atoms with van der Waals surface area (Å²) in [5.41, 5.74) is 6.28. The molecule has 1 saturated heterocycles. The van der Waals surface area contributed by atoms with Gasteiger partial charge in [-0.05, 0) is 37.3 Å². The van der Waals surface area contributed by atoms with Crippen molar-refractivity contribution in [2.24, 2.45) is 5.92 Å². The first-order valence-corrected chi connectivity index (χ1v) is 12.1. The van der Waals surface area contributed by atoms with Gasteiger partial charge in [0.25, 0.3) is 0 Å². The molecule has 0 atom stereocenters. The lowest BCUT2D eigenvalue weighted by molar-refractivity contribution is -0.125. The highest BCUT2D eigenvalue weighted by molar-refractivity contribution is 5.79. The molecule has 6 heteroatoms. The smallest absolute Gasteiger partial charge is 0.223 e. The van der Waals surface area contributed by atoms with Crippen molar-refractivity contribution in [1.29, 1.82) is 0 Å². The van der Waals surface area contributed by atoms with Gasteiger partial charge in [0.05, 0.1) is 5.69 Å². The van der Waals surface area contributed by atoms with Gasteiger partial charge in [0.15, 0.2) is 5.65 Å². The lowest BCUT2D eigenvalue weighted by atomic mass is 9.95. The summed E-state index contributed by atoms with van der Waals surface area (Å²) >= 11 is 0. The van der Waals surface area contributed by atoms with E-state index in [2.05, 4.69) is 59.6 Å². The number of carbonyl (C=O) groups excluding carboxylic acids is 1. The zero-order chi connectivity index (χ0) is 23.5. The summed E-state index contributed by atoms with van der Waals surface area (Å²) < 4.78 is 1.94. The van der Waals surface area contributed by atoms with Crippen molar-refractivity contribution < 1.29 is 4.79 Å². The highest BCUT2D eigenvalue weighted by atomic mass is 16.1. The Hall–Kier alpha value is -3.67. The summed E-state index contributed by atoms with van der Waals surface area (Å²) in [4.78, 5) is 19.8. The normalized spacial score (nSPS) is 14.5. The fraction of sp³-hybridized carbons (Fsp3) is 0.321. The number of hydrogen-bond donors (Lipinski definition) is 1. The Bertz CT molecular complexity index is 1270. The summed E-state index contributed by atoms with van der Waals surface area (Å²) in [6.45, 7) is 6.40. The van der Waals surface area contributed by atoms with E-state index in [1.165, 1.54) is 5.56 Å². The molecule has 34 heavy (non-hydrogen) atoms. The molecule has 1 fully saturated rings. The number of amides is 1. The van der Waals surface area contributed by atoms with Crippen LogP contribution in [0.25, 0.3) is 16.9 Å². The lowest BCUT2D eigenvalue weighted by Crippen LogP contribution is -2.41. The van der Waals surface area contributed by atoms with E-state index < -0.39 is 0 Å². The first-order valence-electron chi connectivity index (χ1n) is 12.1. The first-order chi connectivity index (χ1) is 16.6. The topological polar surface area (TPSA) is 62.5 Å². The number of nitrogens with one attached hydrogen (secondary N) is 1. The molecule has 1 aliphatic rings. The molecule has 1 aliphatic heterocycles. The molecule has 1 amide bonds. The third kappa shape index (κ3) is 4.67. The fourth-order valence-electron chi connectivity index (χ4n) is 4.65. The maximum atomic E-state index is 12.8. The molecule has 6 nitrogen and oxygen atoms in total. The molecular weight excluding hydrogens is 422 g/mol. The minimum absolute atomic E-state index is 0.0436. The van der Waals surface area contributed by atoms with Crippen LogP contribution < -0.4 is 10.2 Å². The van der Waals surface area contributed by atoms with Gasteiger partial charge in [0.2, 0.25) is 5.91 Å². The minimum atomic E-state index is 0.0436. The Kier molecular flexibility index (Phi) is 6.30. The Labute approximate surface area is 200 Å².